The van der Waals surface area contributed by atoms with E-state index in [9.17, 15) is 9.18 Å². The summed E-state index contributed by atoms with van der Waals surface area (Å²) in [5.41, 5.74) is 14.2. The Hall–Kier alpha value is -2.71. The minimum Gasteiger partial charge on any atom is -0.380 e. The molecule has 27 heavy (non-hydrogen) atoms. The first-order chi connectivity index (χ1) is 12.8. The SMILES string of the molecule is Cc1cc(C)cc(Nc2nc(N[C@@H]3CCOC[C@@H]3N)c(F)cc2C(N)=O)c1. The number of amides is 1. The highest BCUT2D eigenvalue weighted by molar-refractivity contribution is 5.98. The predicted octanol–water partition coefficient (Wildman–Crippen LogP) is 2.21. The van der Waals surface area contributed by atoms with Gasteiger partial charge in [0.2, 0.25) is 0 Å². The topological polar surface area (TPSA) is 115 Å². The highest BCUT2D eigenvalue weighted by atomic mass is 19.1. The Morgan fingerprint density at radius 2 is 1.93 bits per heavy atom. The molecular formula is C19H24FN5O2. The van der Waals surface area contributed by atoms with Crippen LogP contribution in [0.1, 0.15) is 27.9 Å². The second-order valence-corrected chi connectivity index (χ2v) is 6.86. The normalized spacial score (nSPS) is 19.6. The van der Waals surface area contributed by atoms with E-state index < -0.39 is 11.7 Å². The number of anilines is 3. The van der Waals surface area contributed by atoms with Crippen LogP contribution in [0.4, 0.5) is 21.7 Å². The number of halogens is 1. The maximum absolute atomic E-state index is 14.5. The van der Waals surface area contributed by atoms with E-state index in [1.54, 1.807) is 0 Å². The Balaban J connectivity index is 1.94. The van der Waals surface area contributed by atoms with Crippen LogP contribution in [0.5, 0.6) is 0 Å². The molecule has 2 aromatic rings. The molecular weight excluding hydrogens is 349 g/mol. The van der Waals surface area contributed by atoms with Crippen LogP contribution < -0.4 is 22.1 Å². The van der Waals surface area contributed by atoms with Gasteiger partial charge in [-0.15, -0.1) is 0 Å². The second-order valence-electron chi connectivity index (χ2n) is 6.86. The van der Waals surface area contributed by atoms with Crippen molar-refractivity contribution in [2.45, 2.75) is 32.4 Å². The van der Waals surface area contributed by atoms with Gasteiger partial charge in [0.1, 0.15) is 5.82 Å². The number of benzene rings is 1. The molecule has 1 saturated heterocycles. The van der Waals surface area contributed by atoms with Crippen molar-refractivity contribution in [3.8, 4) is 0 Å². The van der Waals surface area contributed by atoms with E-state index in [4.69, 9.17) is 16.2 Å². The number of ether oxygens (including phenoxy) is 1. The molecule has 3 rings (SSSR count). The molecule has 8 heteroatoms. The summed E-state index contributed by atoms with van der Waals surface area (Å²) in [4.78, 5) is 16.1. The van der Waals surface area contributed by atoms with Gasteiger partial charge in [-0.1, -0.05) is 6.07 Å². The number of nitrogens with two attached hydrogens (primary N) is 2. The molecule has 1 aromatic carbocycles. The van der Waals surface area contributed by atoms with Crippen molar-refractivity contribution in [3.63, 3.8) is 0 Å². The summed E-state index contributed by atoms with van der Waals surface area (Å²) >= 11 is 0. The lowest BCUT2D eigenvalue weighted by Crippen LogP contribution is -2.47. The Morgan fingerprint density at radius 3 is 2.56 bits per heavy atom. The summed E-state index contributed by atoms with van der Waals surface area (Å²) in [6, 6.07) is 6.49. The lowest BCUT2D eigenvalue weighted by molar-refractivity contribution is 0.0751. The van der Waals surface area contributed by atoms with Gasteiger partial charge in [0.25, 0.3) is 5.91 Å². The van der Waals surface area contributed by atoms with Crippen LogP contribution in [-0.2, 0) is 4.74 Å². The molecule has 0 bridgehead atoms. The third kappa shape index (κ3) is 4.53. The van der Waals surface area contributed by atoms with E-state index in [1.165, 1.54) is 0 Å². The fraction of sp³-hybridized carbons (Fsp3) is 0.368. The summed E-state index contributed by atoms with van der Waals surface area (Å²) in [7, 11) is 0. The van der Waals surface area contributed by atoms with Gasteiger partial charge in [0.15, 0.2) is 11.6 Å². The summed E-state index contributed by atoms with van der Waals surface area (Å²) < 4.78 is 19.8. The van der Waals surface area contributed by atoms with Crippen molar-refractivity contribution in [1.29, 1.82) is 0 Å². The number of hydrogen-bond donors (Lipinski definition) is 4. The quantitative estimate of drug-likeness (QED) is 0.639. The predicted molar refractivity (Wildman–Crippen MR) is 103 cm³/mol. The summed E-state index contributed by atoms with van der Waals surface area (Å²) in [5.74, 6) is -1.21. The van der Waals surface area contributed by atoms with Gasteiger partial charge >= 0.3 is 0 Å². The van der Waals surface area contributed by atoms with Gasteiger partial charge in [0.05, 0.1) is 12.2 Å². The number of aromatic nitrogens is 1. The fourth-order valence-corrected chi connectivity index (χ4v) is 3.17. The van der Waals surface area contributed by atoms with Crippen LogP contribution in [0.15, 0.2) is 24.3 Å². The standard InChI is InChI=1S/C19H24FN5O2/c1-10-5-11(2)7-12(6-10)23-18-13(17(22)26)8-14(20)19(25-18)24-16-3-4-27-9-15(16)21/h5-8,15-16H,3-4,9,21H2,1-2H3,(H2,22,26)(H2,23,24,25)/t15-,16+/m0/s1. The molecule has 1 fully saturated rings. The van der Waals surface area contributed by atoms with Crippen LogP contribution in [0.3, 0.4) is 0 Å². The Bertz CT molecular complexity index is 838. The van der Waals surface area contributed by atoms with Gasteiger partial charge in [-0.2, -0.15) is 0 Å². The highest BCUT2D eigenvalue weighted by Gasteiger charge is 2.25. The first-order valence-corrected chi connectivity index (χ1v) is 8.79. The van der Waals surface area contributed by atoms with Crippen molar-refractivity contribution < 1.29 is 13.9 Å². The van der Waals surface area contributed by atoms with Crippen molar-refractivity contribution >= 4 is 23.2 Å². The lowest BCUT2D eigenvalue weighted by atomic mass is 10.0. The molecule has 2 atom stereocenters. The average Bonchev–Trinajstić information content (AvgIpc) is 2.58. The zero-order valence-electron chi connectivity index (χ0n) is 15.4. The van der Waals surface area contributed by atoms with E-state index in [-0.39, 0.29) is 29.3 Å². The third-order valence-electron chi connectivity index (χ3n) is 4.45. The molecule has 144 valence electrons. The smallest absolute Gasteiger partial charge is 0.252 e. The zero-order valence-corrected chi connectivity index (χ0v) is 15.4. The molecule has 2 heterocycles. The molecule has 1 aliphatic rings. The third-order valence-corrected chi connectivity index (χ3v) is 4.45. The van der Waals surface area contributed by atoms with Crippen LogP contribution >= 0.6 is 0 Å². The maximum Gasteiger partial charge on any atom is 0.252 e. The summed E-state index contributed by atoms with van der Waals surface area (Å²) in [5, 5.41) is 6.11. The van der Waals surface area contributed by atoms with E-state index in [1.807, 2.05) is 32.0 Å². The molecule has 0 aliphatic carbocycles. The van der Waals surface area contributed by atoms with E-state index in [0.29, 0.717) is 19.6 Å². The Labute approximate surface area is 157 Å². The molecule has 1 amide bonds. The summed E-state index contributed by atoms with van der Waals surface area (Å²) in [6.45, 7) is 4.86. The molecule has 0 unspecified atom stereocenters. The number of rotatable bonds is 5. The number of carbonyl (C=O) groups excluding carboxylic acids is 1. The Kier molecular flexibility index (Phi) is 5.57. The highest BCUT2D eigenvalue weighted by Crippen LogP contribution is 2.26. The zero-order chi connectivity index (χ0) is 19.6. The number of hydrogen-bond acceptors (Lipinski definition) is 6. The molecule has 6 N–H and O–H groups in total. The fourth-order valence-electron chi connectivity index (χ4n) is 3.17. The second kappa shape index (κ2) is 7.89. The monoisotopic (exact) mass is 373 g/mol. The van der Waals surface area contributed by atoms with Crippen LogP contribution in [0, 0.1) is 19.7 Å². The number of carbonyl (C=O) groups is 1. The molecule has 0 spiro atoms. The lowest BCUT2D eigenvalue weighted by Gasteiger charge is -2.30. The van der Waals surface area contributed by atoms with Gasteiger partial charge in [-0.25, -0.2) is 9.37 Å². The number of primary amides is 1. The minimum absolute atomic E-state index is 0.0199. The molecule has 0 radical (unpaired) electrons. The number of nitrogens with one attached hydrogen (secondary N) is 2. The minimum atomic E-state index is -0.761. The molecule has 0 saturated carbocycles. The maximum atomic E-state index is 14.5. The average molecular weight is 373 g/mol. The van der Waals surface area contributed by atoms with Gasteiger partial charge < -0.3 is 26.8 Å². The number of pyridine rings is 1. The van der Waals surface area contributed by atoms with Crippen molar-refractivity contribution in [2.75, 3.05) is 23.8 Å². The van der Waals surface area contributed by atoms with E-state index in [2.05, 4.69) is 15.6 Å². The number of aryl methyl sites for hydroxylation is 2. The van der Waals surface area contributed by atoms with Crippen LogP contribution in [0.2, 0.25) is 0 Å². The molecule has 1 aliphatic heterocycles. The van der Waals surface area contributed by atoms with Gasteiger partial charge in [-0.3, -0.25) is 4.79 Å². The molecule has 1 aromatic heterocycles. The van der Waals surface area contributed by atoms with Crippen molar-refractivity contribution in [2.24, 2.45) is 11.5 Å². The van der Waals surface area contributed by atoms with Crippen LogP contribution in [0.25, 0.3) is 0 Å². The van der Waals surface area contributed by atoms with Crippen molar-refractivity contribution in [1.82, 2.24) is 4.98 Å². The number of nitrogens with zero attached hydrogens (tertiary/aromatic N) is 1. The van der Waals surface area contributed by atoms with Crippen molar-refractivity contribution in [3.05, 3.63) is 46.8 Å². The van der Waals surface area contributed by atoms with E-state index >= 15 is 0 Å². The largest absolute Gasteiger partial charge is 0.380 e. The van der Waals surface area contributed by atoms with Gasteiger partial charge in [0, 0.05) is 24.4 Å². The first kappa shape index (κ1) is 19.1. The Morgan fingerprint density at radius 1 is 1.22 bits per heavy atom. The summed E-state index contributed by atoms with van der Waals surface area (Å²) in [6.07, 6.45) is 0.639. The van der Waals surface area contributed by atoms with Crippen LogP contribution in [-0.4, -0.2) is 36.2 Å². The van der Waals surface area contributed by atoms with E-state index in [0.717, 1.165) is 22.9 Å². The first-order valence-electron chi connectivity index (χ1n) is 8.79. The molecule has 7 nitrogen and oxygen atoms in total. The van der Waals surface area contributed by atoms with Gasteiger partial charge in [-0.05, 0) is 49.6 Å².